The van der Waals surface area contributed by atoms with Crippen LogP contribution >= 0.6 is 0 Å². The first-order chi connectivity index (χ1) is 10.7. The van der Waals surface area contributed by atoms with Gasteiger partial charge < -0.3 is 23.7 Å². The average Bonchev–Trinajstić information content (AvgIpc) is 2.96. The lowest BCUT2D eigenvalue weighted by atomic mass is 10.1. The number of ether oxygens (including phenoxy) is 5. The zero-order chi connectivity index (χ0) is 15.4. The topological polar surface area (TPSA) is 66.5 Å². The van der Waals surface area contributed by atoms with Gasteiger partial charge in [0.1, 0.15) is 0 Å². The van der Waals surface area contributed by atoms with Crippen molar-refractivity contribution in [2.24, 2.45) is 0 Å². The van der Waals surface area contributed by atoms with Gasteiger partial charge in [-0.3, -0.25) is 0 Å². The summed E-state index contributed by atoms with van der Waals surface area (Å²) >= 11 is 0. The van der Waals surface area contributed by atoms with Crippen LogP contribution in [0, 0.1) is 0 Å². The Bertz CT molecular complexity index is 543. The first-order valence-corrected chi connectivity index (χ1v) is 7.63. The van der Waals surface area contributed by atoms with Crippen LogP contribution in [-0.4, -0.2) is 38.4 Å². The molecular formula is C16H20O6. The fraction of sp³-hybridized carbons (Fsp3) is 0.562. The van der Waals surface area contributed by atoms with E-state index in [1.807, 2.05) is 12.1 Å². The maximum absolute atomic E-state index is 11.1. The number of hydrogen-bond acceptors (Lipinski definition) is 6. The van der Waals surface area contributed by atoms with E-state index in [-0.39, 0.29) is 0 Å². The number of rotatable bonds is 9. The highest BCUT2D eigenvalue weighted by atomic mass is 17.0. The molecule has 2 aliphatic heterocycles. The molecular weight excluding hydrogens is 288 g/mol. The molecule has 1 atom stereocenters. The molecule has 0 aromatic heterocycles. The monoisotopic (exact) mass is 308 g/mol. The van der Waals surface area contributed by atoms with Gasteiger partial charge in [0.05, 0.1) is 19.8 Å². The summed E-state index contributed by atoms with van der Waals surface area (Å²) in [7, 11) is 0. The third-order valence-corrected chi connectivity index (χ3v) is 3.48. The van der Waals surface area contributed by atoms with E-state index in [2.05, 4.69) is 6.92 Å². The second-order valence-corrected chi connectivity index (χ2v) is 5.26. The van der Waals surface area contributed by atoms with Crippen LogP contribution in [0.25, 0.3) is 0 Å². The van der Waals surface area contributed by atoms with Gasteiger partial charge in [0.25, 0.3) is 0 Å². The Morgan fingerprint density at radius 2 is 1.73 bits per heavy atom. The number of hydrogen-bond donors (Lipinski definition) is 0. The molecule has 2 aliphatic rings. The molecule has 1 fully saturated rings. The van der Waals surface area contributed by atoms with Crippen molar-refractivity contribution in [2.75, 3.05) is 26.4 Å². The Morgan fingerprint density at radius 1 is 1.00 bits per heavy atom. The second-order valence-electron chi connectivity index (χ2n) is 5.26. The fourth-order valence-corrected chi connectivity index (χ4v) is 2.16. The van der Waals surface area contributed by atoms with Gasteiger partial charge in [-0.2, -0.15) is 0 Å². The van der Waals surface area contributed by atoms with Crippen LogP contribution in [0.3, 0.4) is 0 Å². The highest BCUT2D eigenvalue weighted by Crippen LogP contribution is 2.46. The van der Waals surface area contributed by atoms with Crippen molar-refractivity contribution in [3.05, 3.63) is 23.8 Å². The lowest BCUT2D eigenvalue weighted by Gasteiger charge is -2.06. The van der Waals surface area contributed by atoms with Crippen molar-refractivity contribution >= 4 is 5.97 Å². The summed E-state index contributed by atoms with van der Waals surface area (Å²) in [6.45, 7) is 4.77. The molecule has 0 aliphatic carbocycles. The smallest absolute Gasteiger partial charge is 0.408 e. The number of carbonyl (C=O) groups is 1. The molecule has 0 bridgehead atoms. The molecule has 1 aromatic carbocycles. The molecule has 0 radical (unpaired) electrons. The number of unbranched alkanes of at least 4 members (excludes halogenated alkanes) is 1. The van der Waals surface area contributed by atoms with Crippen molar-refractivity contribution in [3.8, 4) is 11.5 Å². The first kappa shape index (κ1) is 15.1. The van der Waals surface area contributed by atoms with Crippen LogP contribution in [0.4, 0.5) is 0 Å². The molecule has 3 rings (SSSR count). The van der Waals surface area contributed by atoms with E-state index in [4.69, 9.17) is 23.7 Å². The second kappa shape index (κ2) is 6.54. The molecule has 0 amide bonds. The third-order valence-electron chi connectivity index (χ3n) is 3.48. The quantitative estimate of drug-likeness (QED) is 0.514. The van der Waals surface area contributed by atoms with Crippen LogP contribution in [0.5, 0.6) is 11.5 Å². The number of fused-ring (bicyclic) bond motifs is 1. The van der Waals surface area contributed by atoms with Crippen molar-refractivity contribution in [1.82, 2.24) is 0 Å². The van der Waals surface area contributed by atoms with E-state index in [1.54, 1.807) is 6.07 Å². The highest BCUT2D eigenvalue weighted by molar-refractivity contribution is 5.91. The van der Waals surface area contributed by atoms with Gasteiger partial charge in [-0.15, -0.1) is 0 Å². The average molecular weight is 308 g/mol. The minimum atomic E-state index is -1.49. The highest BCUT2D eigenvalue weighted by Gasteiger charge is 2.70. The molecule has 6 nitrogen and oxygen atoms in total. The molecule has 2 heterocycles. The van der Waals surface area contributed by atoms with Crippen LogP contribution in [0.1, 0.15) is 25.3 Å². The molecule has 1 aromatic rings. The van der Waals surface area contributed by atoms with Gasteiger partial charge in [-0.25, -0.2) is 4.79 Å². The summed E-state index contributed by atoms with van der Waals surface area (Å²) in [5.41, 5.74) is 1.06. The summed E-state index contributed by atoms with van der Waals surface area (Å²) < 4.78 is 26.4. The van der Waals surface area contributed by atoms with Crippen molar-refractivity contribution < 1.29 is 28.5 Å². The number of epoxide rings is 1. The van der Waals surface area contributed by atoms with Gasteiger partial charge >= 0.3 is 11.9 Å². The Kier molecular flexibility index (Phi) is 4.49. The SMILES string of the molecule is CCCCOCCOCCc1ccc2c(c1)OC1(OC1=O)O2. The van der Waals surface area contributed by atoms with Gasteiger partial charge in [0.15, 0.2) is 11.5 Å². The van der Waals surface area contributed by atoms with E-state index < -0.39 is 11.9 Å². The van der Waals surface area contributed by atoms with Gasteiger partial charge in [0, 0.05) is 6.61 Å². The predicted molar refractivity (Wildman–Crippen MR) is 76.8 cm³/mol. The minimum absolute atomic E-state index is 0.489. The summed E-state index contributed by atoms with van der Waals surface area (Å²) in [6.07, 6.45) is 2.99. The Morgan fingerprint density at radius 3 is 2.45 bits per heavy atom. The van der Waals surface area contributed by atoms with E-state index in [1.165, 1.54) is 0 Å². The summed E-state index contributed by atoms with van der Waals surface area (Å²) in [4.78, 5) is 11.1. The van der Waals surface area contributed by atoms with E-state index >= 15 is 0 Å². The van der Waals surface area contributed by atoms with E-state index in [9.17, 15) is 4.79 Å². The predicted octanol–water partition coefficient (Wildman–Crippen LogP) is 2.04. The van der Waals surface area contributed by atoms with Crippen LogP contribution in [0.15, 0.2) is 18.2 Å². The zero-order valence-corrected chi connectivity index (χ0v) is 12.6. The molecule has 22 heavy (non-hydrogen) atoms. The summed E-state index contributed by atoms with van der Waals surface area (Å²) in [5, 5.41) is 0. The molecule has 1 spiro atoms. The zero-order valence-electron chi connectivity index (χ0n) is 12.6. The number of benzene rings is 1. The third kappa shape index (κ3) is 3.34. The standard InChI is InChI=1S/C16H20O6/c1-2-3-7-18-9-10-19-8-6-12-4-5-13-14(11-12)21-16(20-13)15(17)22-16/h4-5,11H,2-3,6-10H2,1H3. The lowest BCUT2D eigenvalue weighted by Crippen LogP contribution is -2.23. The van der Waals surface area contributed by atoms with E-state index in [0.29, 0.717) is 31.3 Å². The van der Waals surface area contributed by atoms with Crippen molar-refractivity contribution in [1.29, 1.82) is 0 Å². The molecule has 1 unspecified atom stereocenters. The van der Waals surface area contributed by atoms with Crippen molar-refractivity contribution in [2.45, 2.75) is 32.2 Å². The van der Waals surface area contributed by atoms with Gasteiger partial charge in [0.2, 0.25) is 0 Å². The Balaban J connectivity index is 1.36. The van der Waals surface area contributed by atoms with Crippen LogP contribution in [0.2, 0.25) is 0 Å². The summed E-state index contributed by atoms with van der Waals surface area (Å²) in [5.74, 6) is -0.921. The number of carbonyl (C=O) groups excluding carboxylic acids is 1. The largest absolute Gasteiger partial charge is 0.526 e. The minimum Gasteiger partial charge on any atom is -0.408 e. The Hall–Kier alpha value is -1.79. The van der Waals surface area contributed by atoms with Gasteiger partial charge in [-0.05, 0) is 30.5 Å². The van der Waals surface area contributed by atoms with Crippen LogP contribution in [-0.2, 0) is 25.4 Å². The maximum Gasteiger partial charge on any atom is 0.526 e. The lowest BCUT2D eigenvalue weighted by molar-refractivity contribution is -0.121. The molecule has 0 N–H and O–H groups in total. The molecule has 120 valence electrons. The van der Waals surface area contributed by atoms with Crippen molar-refractivity contribution in [3.63, 3.8) is 0 Å². The molecule has 0 saturated carbocycles. The van der Waals surface area contributed by atoms with E-state index in [0.717, 1.165) is 31.4 Å². The molecule has 1 saturated heterocycles. The Labute approximate surface area is 129 Å². The fourth-order valence-electron chi connectivity index (χ4n) is 2.16. The first-order valence-electron chi connectivity index (χ1n) is 7.63. The van der Waals surface area contributed by atoms with Gasteiger partial charge in [-0.1, -0.05) is 19.4 Å². The van der Waals surface area contributed by atoms with Crippen LogP contribution < -0.4 is 9.47 Å². The maximum atomic E-state index is 11.1. The normalized spacial score (nSPS) is 21.2. The molecule has 6 heteroatoms. The summed E-state index contributed by atoms with van der Waals surface area (Å²) in [6, 6.07) is 5.55.